The van der Waals surface area contributed by atoms with E-state index in [0.29, 0.717) is 5.92 Å². The largest absolute Gasteiger partial charge is 0.395 e. The van der Waals surface area contributed by atoms with Gasteiger partial charge in [-0.1, -0.05) is 25.8 Å². The van der Waals surface area contributed by atoms with E-state index in [9.17, 15) is 12.8 Å². The number of nitrogen functional groups attached to an aromatic ring is 1. The maximum Gasteiger partial charge on any atom is 0.242 e. The lowest BCUT2D eigenvalue weighted by Gasteiger charge is -2.28. The molecule has 118 valence electrons. The van der Waals surface area contributed by atoms with E-state index in [-0.39, 0.29) is 16.6 Å². The number of para-hydroxylation sites is 1. The molecule has 1 aliphatic rings. The summed E-state index contributed by atoms with van der Waals surface area (Å²) >= 11 is 0. The highest BCUT2D eigenvalue weighted by molar-refractivity contribution is 7.89. The molecule has 2 rings (SSSR count). The van der Waals surface area contributed by atoms with Crippen molar-refractivity contribution in [1.82, 2.24) is 4.72 Å². The molecular formula is C15H23FN2O2S. The number of nitrogens with two attached hydrogens (primary N) is 1. The summed E-state index contributed by atoms with van der Waals surface area (Å²) < 4.78 is 40.7. The molecule has 1 aromatic rings. The zero-order chi connectivity index (χ0) is 15.5. The van der Waals surface area contributed by atoms with Crippen LogP contribution in [0.2, 0.25) is 0 Å². The van der Waals surface area contributed by atoms with Crippen LogP contribution in [0.3, 0.4) is 0 Å². The van der Waals surface area contributed by atoms with E-state index < -0.39 is 15.8 Å². The third kappa shape index (κ3) is 3.95. The SMILES string of the molecule is CCCC1CCC(NS(=O)(=O)c2cccc(F)c2N)CC1. The summed E-state index contributed by atoms with van der Waals surface area (Å²) in [6, 6.07) is 3.78. The van der Waals surface area contributed by atoms with Crippen LogP contribution in [-0.2, 0) is 10.0 Å². The number of nitrogens with one attached hydrogen (secondary N) is 1. The number of hydrogen-bond donors (Lipinski definition) is 2. The predicted molar refractivity (Wildman–Crippen MR) is 81.8 cm³/mol. The van der Waals surface area contributed by atoms with E-state index in [1.165, 1.54) is 25.0 Å². The molecule has 0 radical (unpaired) electrons. The molecule has 0 aliphatic heterocycles. The molecule has 1 aromatic carbocycles. The summed E-state index contributed by atoms with van der Waals surface area (Å²) in [7, 11) is -3.76. The Labute approximate surface area is 126 Å². The lowest BCUT2D eigenvalue weighted by molar-refractivity contribution is 0.297. The zero-order valence-electron chi connectivity index (χ0n) is 12.3. The Kier molecular flexibility index (Phi) is 5.22. The van der Waals surface area contributed by atoms with Gasteiger partial charge in [0.2, 0.25) is 10.0 Å². The van der Waals surface area contributed by atoms with Gasteiger partial charge in [-0.3, -0.25) is 0 Å². The van der Waals surface area contributed by atoms with Crippen LogP contribution < -0.4 is 10.5 Å². The number of halogens is 1. The van der Waals surface area contributed by atoms with Gasteiger partial charge in [-0.15, -0.1) is 0 Å². The van der Waals surface area contributed by atoms with Crippen LogP contribution in [0.4, 0.5) is 10.1 Å². The van der Waals surface area contributed by atoms with Crippen LogP contribution in [-0.4, -0.2) is 14.5 Å². The van der Waals surface area contributed by atoms with Crippen molar-refractivity contribution in [2.24, 2.45) is 5.92 Å². The molecule has 21 heavy (non-hydrogen) atoms. The summed E-state index contributed by atoms with van der Waals surface area (Å²) in [5.74, 6) is -0.000442. The normalized spacial score (nSPS) is 23.1. The second-order valence-corrected chi connectivity index (χ2v) is 7.46. The minimum Gasteiger partial charge on any atom is -0.395 e. The first-order valence-corrected chi connectivity index (χ1v) is 8.98. The maximum atomic E-state index is 13.4. The third-order valence-corrected chi connectivity index (χ3v) is 5.75. The summed E-state index contributed by atoms with van der Waals surface area (Å²) in [5.41, 5.74) is 5.23. The number of benzene rings is 1. The summed E-state index contributed by atoms with van der Waals surface area (Å²) in [6.07, 6.45) is 6.12. The van der Waals surface area contributed by atoms with Crippen LogP contribution in [0.15, 0.2) is 23.1 Å². The monoisotopic (exact) mass is 314 g/mol. The summed E-state index contributed by atoms with van der Waals surface area (Å²) in [6.45, 7) is 2.17. The molecule has 1 fully saturated rings. The van der Waals surface area contributed by atoms with E-state index in [0.717, 1.165) is 31.7 Å². The van der Waals surface area contributed by atoms with Gasteiger partial charge < -0.3 is 5.73 Å². The highest BCUT2D eigenvalue weighted by atomic mass is 32.2. The summed E-state index contributed by atoms with van der Waals surface area (Å²) in [4.78, 5) is -0.168. The molecule has 4 nitrogen and oxygen atoms in total. The molecule has 6 heteroatoms. The molecule has 1 saturated carbocycles. The predicted octanol–water partition coefficient (Wildman–Crippen LogP) is 3.05. The molecule has 0 bridgehead atoms. The number of sulfonamides is 1. The molecule has 0 spiro atoms. The molecule has 0 aromatic heterocycles. The van der Waals surface area contributed by atoms with Crippen molar-refractivity contribution < 1.29 is 12.8 Å². The van der Waals surface area contributed by atoms with Crippen LogP contribution in [0.5, 0.6) is 0 Å². The lowest BCUT2D eigenvalue weighted by atomic mass is 9.84. The van der Waals surface area contributed by atoms with Gasteiger partial charge in [0.1, 0.15) is 10.7 Å². The van der Waals surface area contributed by atoms with Crippen LogP contribution in [0.25, 0.3) is 0 Å². The van der Waals surface area contributed by atoms with Gasteiger partial charge >= 0.3 is 0 Å². The van der Waals surface area contributed by atoms with Crippen molar-refractivity contribution >= 4 is 15.7 Å². The molecular weight excluding hydrogens is 291 g/mol. The average Bonchev–Trinajstić information content (AvgIpc) is 2.44. The van der Waals surface area contributed by atoms with Crippen molar-refractivity contribution in [2.75, 3.05) is 5.73 Å². The van der Waals surface area contributed by atoms with Gasteiger partial charge in [0, 0.05) is 6.04 Å². The van der Waals surface area contributed by atoms with Gasteiger partial charge in [0.15, 0.2) is 0 Å². The second-order valence-electron chi connectivity index (χ2n) is 5.78. The van der Waals surface area contributed by atoms with Crippen LogP contribution >= 0.6 is 0 Å². The van der Waals surface area contributed by atoms with Crippen molar-refractivity contribution in [1.29, 1.82) is 0 Å². The fraction of sp³-hybridized carbons (Fsp3) is 0.600. The smallest absolute Gasteiger partial charge is 0.242 e. The Hall–Kier alpha value is -1.14. The van der Waals surface area contributed by atoms with Crippen LogP contribution in [0, 0.1) is 11.7 Å². The van der Waals surface area contributed by atoms with E-state index in [1.54, 1.807) is 0 Å². The second kappa shape index (κ2) is 6.75. The topological polar surface area (TPSA) is 72.2 Å². The highest BCUT2D eigenvalue weighted by Gasteiger charge is 2.27. The Balaban J connectivity index is 2.04. The number of anilines is 1. The zero-order valence-corrected chi connectivity index (χ0v) is 13.1. The lowest BCUT2D eigenvalue weighted by Crippen LogP contribution is -2.37. The van der Waals surface area contributed by atoms with Crippen molar-refractivity contribution in [3.05, 3.63) is 24.0 Å². The molecule has 0 heterocycles. The minimum atomic E-state index is -3.76. The van der Waals surface area contributed by atoms with Crippen molar-refractivity contribution in [3.63, 3.8) is 0 Å². The van der Waals surface area contributed by atoms with E-state index in [4.69, 9.17) is 5.73 Å². The standard InChI is InChI=1S/C15H23FN2O2S/c1-2-4-11-7-9-12(10-8-11)18-21(19,20)14-6-3-5-13(16)15(14)17/h3,5-6,11-12,18H,2,4,7-10,17H2,1H3. The minimum absolute atomic E-state index is 0.0780. The van der Waals surface area contributed by atoms with Gasteiger partial charge in [-0.2, -0.15) is 0 Å². The maximum absolute atomic E-state index is 13.4. The van der Waals surface area contributed by atoms with E-state index in [2.05, 4.69) is 11.6 Å². The number of rotatable bonds is 5. The van der Waals surface area contributed by atoms with Gasteiger partial charge in [0.25, 0.3) is 0 Å². The highest BCUT2D eigenvalue weighted by Crippen LogP contribution is 2.29. The quantitative estimate of drug-likeness (QED) is 0.821. The first-order chi connectivity index (χ1) is 9.94. The van der Waals surface area contributed by atoms with Gasteiger partial charge in [-0.05, 0) is 43.7 Å². The third-order valence-electron chi connectivity index (χ3n) is 4.17. The van der Waals surface area contributed by atoms with Crippen LogP contribution in [0.1, 0.15) is 45.4 Å². The van der Waals surface area contributed by atoms with E-state index in [1.807, 2.05) is 0 Å². The summed E-state index contributed by atoms with van der Waals surface area (Å²) in [5, 5.41) is 0. The molecule has 3 N–H and O–H groups in total. The fourth-order valence-electron chi connectivity index (χ4n) is 3.01. The molecule has 0 atom stereocenters. The molecule has 0 amide bonds. The fourth-order valence-corrected chi connectivity index (χ4v) is 4.46. The molecule has 1 aliphatic carbocycles. The Morgan fingerprint density at radius 1 is 1.29 bits per heavy atom. The first kappa shape index (κ1) is 16.2. The molecule has 0 saturated heterocycles. The van der Waals surface area contributed by atoms with E-state index >= 15 is 0 Å². The number of hydrogen-bond acceptors (Lipinski definition) is 3. The van der Waals surface area contributed by atoms with Gasteiger partial charge in [0.05, 0.1) is 5.69 Å². The Morgan fingerprint density at radius 2 is 1.95 bits per heavy atom. The Bertz CT molecular complexity index is 581. The van der Waals surface area contributed by atoms with Crippen molar-refractivity contribution in [3.8, 4) is 0 Å². The average molecular weight is 314 g/mol. The first-order valence-electron chi connectivity index (χ1n) is 7.50. The van der Waals surface area contributed by atoms with Gasteiger partial charge in [-0.25, -0.2) is 17.5 Å². The Morgan fingerprint density at radius 3 is 2.57 bits per heavy atom. The van der Waals surface area contributed by atoms with Crippen molar-refractivity contribution in [2.45, 2.75) is 56.4 Å². The molecule has 0 unspecified atom stereocenters.